The molecule has 0 radical (unpaired) electrons. The van der Waals surface area contributed by atoms with Gasteiger partial charge in [0.05, 0.1) is 33.0 Å². The quantitative estimate of drug-likeness (QED) is 0.604. The number of rotatable bonds is 6. The zero-order valence-electron chi connectivity index (χ0n) is 15.9. The molecule has 0 bridgehead atoms. The number of para-hydroxylation sites is 1. The van der Waals surface area contributed by atoms with Crippen molar-refractivity contribution < 1.29 is 9.59 Å². The normalized spacial score (nSPS) is 10.8. The molecule has 8 nitrogen and oxygen atoms in total. The SMILES string of the molecule is CCN(CC(=O)Nc1c(Cl)cccc1Cl)C(=O)Cn1[nH]c(=O)c2ccccc2c1=O. The van der Waals surface area contributed by atoms with Gasteiger partial charge >= 0.3 is 0 Å². The topological polar surface area (TPSA) is 104 Å². The lowest BCUT2D eigenvalue weighted by molar-refractivity contribution is -0.135. The first-order valence-corrected chi connectivity index (χ1v) is 9.81. The number of hydrogen-bond donors (Lipinski definition) is 2. The van der Waals surface area contributed by atoms with E-state index >= 15 is 0 Å². The average Bonchev–Trinajstić information content (AvgIpc) is 2.72. The van der Waals surface area contributed by atoms with E-state index in [1.165, 1.54) is 17.0 Å². The van der Waals surface area contributed by atoms with Gasteiger partial charge in [0, 0.05) is 6.54 Å². The average molecular weight is 449 g/mol. The van der Waals surface area contributed by atoms with Gasteiger partial charge in [0.1, 0.15) is 6.54 Å². The molecule has 3 aromatic rings. The Kier molecular flexibility index (Phi) is 6.59. The smallest absolute Gasteiger partial charge is 0.273 e. The third kappa shape index (κ3) is 4.55. The third-order valence-electron chi connectivity index (χ3n) is 4.47. The standard InChI is InChI=1S/C20H18Cl2N4O4/c1-2-25(10-16(27)23-18-14(21)8-5-9-15(18)22)17(28)11-26-20(30)13-7-4-3-6-12(13)19(29)24-26/h3-9H,2,10-11H2,1H3,(H,23,27)(H,24,29). The van der Waals surface area contributed by atoms with E-state index in [4.69, 9.17) is 23.2 Å². The van der Waals surface area contributed by atoms with Crippen molar-refractivity contribution in [1.82, 2.24) is 14.7 Å². The van der Waals surface area contributed by atoms with E-state index < -0.39 is 29.5 Å². The number of likely N-dealkylation sites (N-methyl/N-ethyl adjacent to an activating group) is 1. The highest BCUT2D eigenvalue weighted by Crippen LogP contribution is 2.29. The van der Waals surface area contributed by atoms with Crippen LogP contribution in [0.4, 0.5) is 5.69 Å². The largest absolute Gasteiger partial charge is 0.332 e. The lowest BCUT2D eigenvalue weighted by Crippen LogP contribution is -2.42. The maximum absolute atomic E-state index is 12.7. The molecule has 30 heavy (non-hydrogen) atoms. The Hall–Kier alpha value is -3.10. The zero-order valence-corrected chi connectivity index (χ0v) is 17.5. The molecule has 0 unspecified atom stereocenters. The van der Waals surface area contributed by atoms with Crippen LogP contribution in [0, 0.1) is 0 Å². The molecule has 1 heterocycles. The first kappa shape index (κ1) is 21.6. The Morgan fingerprint density at radius 1 is 1.03 bits per heavy atom. The number of aromatic nitrogens is 2. The summed E-state index contributed by atoms with van der Waals surface area (Å²) in [6, 6.07) is 11.1. The van der Waals surface area contributed by atoms with Crippen LogP contribution < -0.4 is 16.4 Å². The number of aromatic amines is 1. The second-order valence-corrected chi connectivity index (χ2v) is 7.24. The summed E-state index contributed by atoms with van der Waals surface area (Å²) >= 11 is 12.1. The number of amides is 2. The van der Waals surface area contributed by atoms with Gasteiger partial charge in [-0.1, -0.05) is 41.4 Å². The van der Waals surface area contributed by atoms with Crippen LogP contribution in [0.5, 0.6) is 0 Å². The second kappa shape index (κ2) is 9.15. The number of halogens is 2. The Morgan fingerprint density at radius 3 is 2.30 bits per heavy atom. The van der Waals surface area contributed by atoms with Gasteiger partial charge in [-0.15, -0.1) is 0 Å². The molecule has 0 aliphatic heterocycles. The molecule has 0 aliphatic rings. The number of fused-ring (bicyclic) bond motifs is 1. The fourth-order valence-corrected chi connectivity index (χ4v) is 3.43. The molecule has 0 spiro atoms. The Morgan fingerprint density at radius 2 is 1.67 bits per heavy atom. The van der Waals surface area contributed by atoms with Crippen LogP contribution in [0.2, 0.25) is 10.0 Å². The Labute approximate surface area is 181 Å². The molecule has 2 N–H and O–H groups in total. The van der Waals surface area contributed by atoms with E-state index in [-0.39, 0.29) is 39.6 Å². The number of H-pyrrole nitrogens is 1. The summed E-state index contributed by atoms with van der Waals surface area (Å²) in [6.45, 7) is 1.23. The maximum atomic E-state index is 12.7. The molecule has 1 aromatic heterocycles. The lowest BCUT2D eigenvalue weighted by Gasteiger charge is -2.21. The third-order valence-corrected chi connectivity index (χ3v) is 5.10. The van der Waals surface area contributed by atoms with E-state index in [9.17, 15) is 19.2 Å². The number of anilines is 1. The number of nitrogens with zero attached hydrogens (tertiary/aromatic N) is 2. The van der Waals surface area contributed by atoms with Crippen molar-refractivity contribution in [3.8, 4) is 0 Å². The molecule has 0 fully saturated rings. The highest BCUT2D eigenvalue weighted by Gasteiger charge is 2.19. The monoisotopic (exact) mass is 448 g/mol. The first-order chi connectivity index (χ1) is 14.3. The predicted octanol–water partition coefficient (Wildman–Crippen LogP) is 2.48. The minimum atomic E-state index is -0.508. The van der Waals surface area contributed by atoms with Crippen molar-refractivity contribution in [3.63, 3.8) is 0 Å². The van der Waals surface area contributed by atoms with Crippen LogP contribution in [0.25, 0.3) is 10.8 Å². The van der Waals surface area contributed by atoms with E-state index in [0.29, 0.717) is 0 Å². The van der Waals surface area contributed by atoms with Gasteiger partial charge in [0.15, 0.2) is 0 Å². The fraction of sp³-hybridized carbons (Fsp3) is 0.200. The summed E-state index contributed by atoms with van der Waals surface area (Å²) < 4.78 is 0.943. The summed E-state index contributed by atoms with van der Waals surface area (Å²) in [6.07, 6.45) is 0. The number of benzene rings is 2. The molecule has 156 valence electrons. The summed E-state index contributed by atoms with van der Waals surface area (Å²) in [5.41, 5.74) is -0.724. The van der Waals surface area contributed by atoms with Crippen LogP contribution in [-0.4, -0.2) is 39.6 Å². The number of nitrogens with one attached hydrogen (secondary N) is 2. The van der Waals surface area contributed by atoms with Crippen LogP contribution in [0.3, 0.4) is 0 Å². The minimum Gasteiger partial charge on any atom is -0.332 e. The molecule has 10 heteroatoms. The van der Waals surface area contributed by atoms with Crippen molar-refractivity contribution in [1.29, 1.82) is 0 Å². The summed E-state index contributed by atoms with van der Waals surface area (Å²) in [5.74, 6) is -1.01. The van der Waals surface area contributed by atoms with E-state index in [1.807, 2.05) is 0 Å². The van der Waals surface area contributed by atoms with Gasteiger partial charge in [0.2, 0.25) is 11.8 Å². The summed E-state index contributed by atoms with van der Waals surface area (Å²) in [7, 11) is 0. The van der Waals surface area contributed by atoms with Gasteiger partial charge in [0.25, 0.3) is 11.1 Å². The Balaban J connectivity index is 1.76. The molecule has 2 amide bonds. The number of hydrogen-bond acceptors (Lipinski definition) is 4. The van der Waals surface area contributed by atoms with Crippen LogP contribution in [-0.2, 0) is 16.1 Å². The van der Waals surface area contributed by atoms with Gasteiger partial charge < -0.3 is 10.2 Å². The minimum absolute atomic E-state index is 0.211. The highest BCUT2D eigenvalue weighted by molar-refractivity contribution is 6.39. The number of carbonyl (C=O) groups is 2. The van der Waals surface area contributed by atoms with Gasteiger partial charge in [-0.2, -0.15) is 0 Å². The van der Waals surface area contributed by atoms with E-state index in [2.05, 4.69) is 10.4 Å². The molecule has 0 saturated carbocycles. The van der Waals surface area contributed by atoms with Crippen molar-refractivity contribution in [2.45, 2.75) is 13.5 Å². The van der Waals surface area contributed by atoms with Crippen LogP contribution in [0.1, 0.15) is 6.92 Å². The number of carbonyl (C=O) groups excluding carboxylic acids is 2. The predicted molar refractivity (Wildman–Crippen MR) is 116 cm³/mol. The fourth-order valence-electron chi connectivity index (χ4n) is 2.94. The van der Waals surface area contributed by atoms with Gasteiger partial charge in [-0.25, -0.2) is 4.68 Å². The van der Waals surface area contributed by atoms with E-state index in [1.54, 1.807) is 37.3 Å². The molecule has 0 aliphatic carbocycles. The Bertz CT molecular complexity index is 1220. The van der Waals surface area contributed by atoms with Crippen molar-refractivity contribution in [2.24, 2.45) is 0 Å². The summed E-state index contributed by atoms with van der Waals surface area (Å²) in [5, 5.41) is 5.98. The second-order valence-electron chi connectivity index (χ2n) is 6.43. The molecular formula is C20H18Cl2N4O4. The lowest BCUT2D eigenvalue weighted by atomic mass is 10.2. The van der Waals surface area contributed by atoms with Crippen molar-refractivity contribution in [2.75, 3.05) is 18.4 Å². The zero-order chi connectivity index (χ0) is 21.8. The van der Waals surface area contributed by atoms with E-state index in [0.717, 1.165) is 4.68 Å². The van der Waals surface area contributed by atoms with Crippen molar-refractivity contribution >= 4 is 51.5 Å². The van der Waals surface area contributed by atoms with Gasteiger partial charge in [-0.05, 0) is 31.2 Å². The summed E-state index contributed by atoms with van der Waals surface area (Å²) in [4.78, 5) is 51.1. The van der Waals surface area contributed by atoms with Crippen LogP contribution >= 0.6 is 23.2 Å². The molecule has 0 saturated heterocycles. The first-order valence-electron chi connectivity index (χ1n) is 9.05. The molecule has 0 atom stereocenters. The molecular weight excluding hydrogens is 431 g/mol. The van der Waals surface area contributed by atoms with Crippen molar-refractivity contribution in [3.05, 3.63) is 73.2 Å². The molecule has 2 aromatic carbocycles. The highest BCUT2D eigenvalue weighted by atomic mass is 35.5. The van der Waals surface area contributed by atoms with Crippen LogP contribution in [0.15, 0.2) is 52.1 Å². The molecule has 3 rings (SSSR count). The van der Waals surface area contributed by atoms with Gasteiger partial charge in [-0.3, -0.25) is 24.3 Å². The maximum Gasteiger partial charge on any atom is 0.273 e.